The Morgan fingerprint density at radius 3 is 2.67 bits per heavy atom. The molecule has 11 heteroatoms. The van der Waals surface area contributed by atoms with E-state index < -0.39 is 42.2 Å². The van der Waals surface area contributed by atoms with Crippen LogP contribution in [0.3, 0.4) is 0 Å². The number of furan rings is 1. The van der Waals surface area contributed by atoms with Crippen LogP contribution in [-0.4, -0.2) is 30.4 Å². The van der Waals surface area contributed by atoms with Gasteiger partial charge < -0.3 is 14.5 Å². The number of rotatable bonds is 4. The maximum Gasteiger partial charge on any atom is 0.416 e. The van der Waals surface area contributed by atoms with Crippen molar-refractivity contribution in [3.05, 3.63) is 52.4 Å². The van der Waals surface area contributed by atoms with Gasteiger partial charge >= 0.3 is 12.1 Å². The van der Waals surface area contributed by atoms with Crippen LogP contribution in [0.15, 0.2) is 45.5 Å². The molecule has 7 nitrogen and oxygen atoms in total. The van der Waals surface area contributed by atoms with E-state index in [1.54, 1.807) is 12.1 Å². The van der Waals surface area contributed by atoms with Crippen LogP contribution in [0.2, 0.25) is 0 Å². The molecule has 1 N–H and O–H groups in total. The molecule has 30 heavy (non-hydrogen) atoms. The first-order valence-electron chi connectivity index (χ1n) is 8.51. The molecule has 1 aliphatic heterocycles. The molecule has 1 aromatic carbocycles. The molecule has 2 heterocycles. The molecule has 0 fully saturated rings. The van der Waals surface area contributed by atoms with E-state index in [1.807, 2.05) is 0 Å². The van der Waals surface area contributed by atoms with Crippen LogP contribution in [0, 0.1) is 0 Å². The van der Waals surface area contributed by atoms with Crippen molar-refractivity contribution in [3.8, 4) is 0 Å². The number of hydrogen-bond acceptors (Lipinski definition) is 5. The minimum Gasteiger partial charge on any atom is -0.450 e. The van der Waals surface area contributed by atoms with Crippen LogP contribution in [0.5, 0.6) is 0 Å². The van der Waals surface area contributed by atoms with Gasteiger partial charge in [-0.25, -0.2) is 4.79 Å². The van der Waals surface area contributed by atoms with E-state index in [1.165, 1.54) is 13.0 Å². The van der Waals surface area contributed by atoms with Gasteiger partial charge in [0.2, 0.25) is 5.91 Å². The lowest BCUT2D eigenvalue weighted by atomic mass is 10.1. The van der Waals surface area contributed by atoms with Crippen molar-refractivity contribution in [1.29, 1.82) is 0 Å². The fourth-order valence-corrected chi connectivity index (χ4v) is 3.03. The number of nitrogens with one attached hydrogen (secondary N) is 1. The van der Waals surface area contributed by atoms with E-state index in [-0.39, 0.29) is 11.4 Å². The third-order valence-corrected chi connectivity index (χ3v) is 4.50. The highest BCUT2D eigenvalue weighted by Crippen LogP contribution is 2.37. The summed E-state index contributed by atoms with van der Waals surface area (Å²) in [6, 6.07) is 5.85. The molecular weight excluding hydrogens is 473 g/mol. The Morgan fingerprint density at radius 2 is 2.03 bits per heavy atom. The number of ether oxygens (including phenoxy) is 1. The van der Waals surface area contributed by atoms with Gasteiger partial charge in [-0.3, -0.25) is 14.5 Å². The van der Waals surface area contributed by atoms with E-state index in [2.05, 4.69) is 21.2 Å². The van der Waals surface area contributed by atoms with Crippen molar-refractivity contribution in [3.63, 3.8) is 0 Å². The molecule has 158 valence electrons. The number of carbonyl (C=O) groups excluding carboxylic acids is 3. The Hall–Kier alpha value is -3.08. The van der Waals surface area contributed by atoms with E-state index in [4.69, 9.17) is 9.15 Å². The van der Waals surface area contributed by atoms with Gasteiger partial charge in [-0.15, -0.1) is 0 Å². The molecule has 0 aliphatic carbocycles. The molecular formula is C19H14BrF3N2O5. The van der Waals surface area contributed by atoms with Gasteiger partial charge in [0.1, 0.15) is 12.3 Å². The molecule has 1 unspecified atom stereocenters. The number of carbonyl (C=O) groups is 3. The summed E-state index contributed by atoms with van der Waals surface area (Å²) in [5.74, 6) is -1.89. The van der Waals surface area contributed by atoms with E-state index in [9.17, 15) is 27.6 Å². The van der Waals surface area contributed by atoms with Crippen LogP contribution in [0.25, 0.3) is 6.08 Å². The van der Waals surface area contributed by atoms with E-state index in [0.717, 1.165) is 29.2 Å². The first kappa shape index (κ1) is 21.6. The van der Waals surface area contributed by atoms with Crippen LogP contribution in [-0.2, 0) is 25.3 Å². The van der Waals surface area contributed by atoms with Gasteiger partial charge in [0.15, 0.2) is 10.8 Å². The third kappa shape index (κ3) is 4.90. The average molecular weight is 487 g/mol. The molecule has 0 spiro atoms. The minimum absolute atomic E-state index is 0.0754. The third-order valence-electron chi connectivity index (χ3n) is 4.07. The molecule has 1 aliphatic rings. The molecule has 3 rings (SSSR count). The highest BCUT2D eigenvalue weighted by molar-refractivity contribution is 9.10. The summed E-state index contributed by atoms with van der Waals surface area (Å²) in [7, 11) is 0. The van der Waals surface area contributed by atoms with Crippen LogP contribution in [0.4, 0.5) is 24.5 Å². The monoisotopic (exact) mass is 486 g/mol. The van der Waals surface area contributed by atoms with Gasteiger partial charge in [-0.2, -0.15) is 13.2 Å². The molecule has 2 amide bonds. The average Bonchev–Trinajstić information content (AvgIpc) is 3.09. The molecule has 1 atom stereocenters. The number of esters is 1. The number of hydrogen-bond donors (Lipinski definition) is 1. The van der Waals surface area contributed by atoms with Crippen molar-refractivity contribution in [2.75, 3.05) is 16.8 Å². The summed E-state index contributed by atoms with van der Waals surface area (Å²) in [5.41, 5.74) is -1.05. The van der Waals surface area contributed by atoms with E-state index >= 15 is 0 Å². The lowest BCUT2D eigenvalue weighted by molar-refractivity contribution is -0.149. The Labute approximate surface area is 176 Å². The van der Waals surface area contributed by atoms with Crippen molar-refractivity contribution >= 4 is 51.2 Å². The zero-order valence-electron chi connectivity index (χ0n) is 15.3. The van der Waals surface area contributed by atoms with Crippen molar-refractivity contribution < 1.29 is 36.7 Å². The number of nitrogens with zero attached hydrogens (tertiary/aromatic N) is 1. The van der Waals surface area contributed by atoms with Crippen molar-refractivity contribution in [1.82, 2.24) is 0 Å². The zero-order valence-corrected chi connectivity index (χ0v) is 16.9. The number of halogens is 4. The van der Waals surface area contributed by atoms with Gasteiger partial charge in [0.25, 0.3) is 5.91 Å². The number of anilines is 2. The Bertz CT molecular complexity index is 1030. The van der Waals surface area contributed by atoms with Gasteiger partial charge in [-0.05, 0) is 59.3 Å². The van der Waals surface area contributed by atoms with Crippen LogP contribution in [0.1, 0.15) is 18.2 Å². The second kappa shape index (κ2) is 8.34. The highest BCUT2D eigenvalue weighted by atomic mass is 79.9. The molecule has 0 saturated carbocycles. The summed E-state index contributed by atoms with van der Waals surface area (Å²) in [5, 5.41) is 2.31. The summed E-state index contributed by atoms with van der Waals surface area (Å²) in [4.78, 5) is 37.5. The predicted molar refractivity (Wildman–Crippen MR) is 103 cm³/mol. The van der Waals surface area contributed by atoms with Gasteiger partial charge in [-0.1, -0.05) is 0 Å². The normalized spacial score (nSPS) is 15.0. The quantitative estimate of drug-likeness (QED) is 0.521. The zero-order chi connectivity index (χ0) is 22.1. The molecule has 2 aromatic rings. The van der Waals surface area contributed by atoms with Crippen LogP contribution >= 0.6 is 15.9 Å². The molecule has 1 aromatic heterocycles. The maximum absolute atomic E-state index is 12.9. The number of alkyl halides is 3. The Kier molecular flexibility index (Phi) is 6.01. The van der Waals surface area contributed by atoms with Gasteiger partial charge in [0.05, 0.1) is 16.9 Å². The lowest BCUT2D eigenvalue weighted by Gasteiger charge is -2.31. The highest BCUT2D eigenvalue weighted by Gasteiger charge is 2.35. The number of amides is 2. The summed E-state index contributed by atoms with van der Waals surface area (Å²) >= 11 is 3.11. The van der Waals surface area contributed by atoms with Crippen molar-refractivity contribution in [2.45, 2.75) is 19.2 Å². The summed E-state index contributed by atoms with van der Waals surface area (Å²) in [6.07, 6.45) is -3.50. The fraction of sp³-hybridized carbons (Fsp3) is 0.211. The van der Waals surface area contributed by atoms with Gasteiger partial charge in [0, 0.05) is 6.08 Å². The predicted octanol–water partition coefficient (Wildman–Crippen LogP) is 3.99. The Balaban J connectivity index is 1.74. The summed E-state index contributed by atoms with van der Waals surface area (Å²) < 4.78 is 49.4. The van der Waals surface area contributed by atoms with E-state index in [0.29, 0.717) is 10.4 Å². The smallest absolute Gasteiger partial charge is 0.416 e. The topological polar surface area (TPSA) is 88.8 Å². The minimum atomic E-state index is -4.61. The second-order valence-electron chi connectivity index (χ2n) is 6.26. The lowest BCUT2D eigenvalue weighted by Crippen LogP contribution is -2.47. The first-order valence-corrected chi connectivity index (χ1v) is 9.30. The fourth-order valence-electron chi connectivity index (χ4n) is 2.71. The first-order chi connectivity index (χ1) is 14.0. The Morgan fingerprint density at radius 1 is 1.30 bits per heavy atom. The van der Waals surface area contributed by atoms with Crippen LogP contribution < -0.4 is 10.2 Å². The summed E-state index contributed by atoms with van der Waals surface area (Å²) in [6.45, 7) is 0.878. The number of benzene rings is 1. The maximum atomic E-state index is 12.9. The molecule has 0 radical (unpaired) electrons. The molecule has 0 saturated heterocycles. The largest absolute Gasteiger partial charge is 0.450 e. The number of fused-ring (bicyclic) bond motifs is 1. The SMILES string of the molecule is CC(OC(=O)C=Cc1ccc(Br)o1)C(=O)N1CC(=O)Nc2cc(C(F)(F)F)ccc21. The molecule has 0 bridgehead atoms. The second-order valence-corrected chi connectivity index (χ2v) is 7.04. The van der Waals surface area contributed by atoms with Crippen molar-refractivity contribution in [2.24, 2.45) is 0 Å². The standard InChI is InChI=1S/C19H14BrF3N2O5/c1-10(29-17(27)7-4-12-3-6-15(20)30-12)18(28)25-9-16(26)24-13-8-11(19(21,22)23)2-5-14(13)25/h2-8,10H,9H2,1H3,(H,24,26).